The van der Waals surface area contributed by atoms with E-state index in [-0.39, 0.29) is 0 Å². The second kappa shape index (κ2) is 2.48. The van der Waals surface area contributed by atoms with Gasteiger partial charge in [0.1, 0.15) is 5.54 Å². The molecule has 0 aliphatic carbocycles. The Labute approximate surface area is 80.9 Å². The molecule has 70 valence electrons. The summed E-state index contributed by atoms with van der Waals surface area (Å²) in [6, 6.07) is 0. The first-order valence-electron chi connectivity index (χ1n) is 3.41. The van der Waals surface area contributed by atoms with Crippen molar-refractivity contribution >= 4 is 29.5 Å². The number of amides is 1. The molecule has 1 heterocycles. The van der Waals surface area contributed by atoms with E-state index < -0.39 is 17.3 Å². The van der Waals surface area contributed by atoms with Gasteiger partial charge in [-0.25, -0.2) is 4.42 Å². The molecule has 6 heteroatoms. The molecule has 0 aromatic heterocycles. The van der Waals surface area contributed by atoms with Crippen LogP contribution in [-0.4, -0.2) is 31.2 Å². The maximum atomic E-state index is 11.4. The van der Waals surface area contributed by atoms with Crippen LogP contribution in [0.15, 0.2) is 0 Å². The number of nitrogens with zero attached hydrogens (tertiary/aromatic N) is 2. The van der Waals surface area contributed by atoms with E-state index in [0.29, 0.717) is 4.42 Å². The van der Waals surface area contributed by atoms with Crippen molar-refractivity contribution in [2.45, 2.75) is 32.2 Å². The number of carbonyl (C=O) groups excluding carboxylic acids is 1. The molecule has 0 saturated carbocycles. The Kier molecular flexibility index (Phi) is 2.08. The van der Waals surface area contributed by atoms with Gasteiger partial charge in [-0.1, -0.05) is 0 Å². The maximum absolute atomic E-state index is 11.4. The molecule has 1 N–H and O–H groups in total. The summed E-state index contributed by atoms with van der Waals surface area (Å²) < 4.78 is 1.69. The Morgan fingerprint density at radius 2 is 1.75 bits per heavy atom. The highest BCUT2D eigenvalue weighted by atomic mass is 35.5. The fraction of sp³-hybridized carbons (Fsp3) is 0.833. The maximum Gasteiger partial charge on any atom is 0.262 e. The lowest BCUT2D eigenvalue weighted by atomic mass is 10.1. The molecule has 1 aliphatic heterocycles. The van der Waals surface area contributed by atoms with Gasteiger partial charge >= 0.3 is 0 Å². The molecule has 1 saturated heterocycles. The highest BCUT2D eigenvalue weighted by molar-refractivity contribution is 6.26. The van der Waals surface area contributed by atoms with Gasteiger partial charge in [-0.05, 0) is 25.6 Å². The van der Waals surface area contributed by atoms with Gasteiger partial charge in [-0.15, -0.1) is 0 Å². The van der Waals surface area contributed by atoms with Crippen LogP contribution in [0.2, 0.25) is 0 Å². The third-order valence-corrected chi connectivity index (χ3v) is 3.15. The van der Waals surface area contributed by atoms with E-state index >= 15 is 0 Å². The number of hydrogen-bond acceptors (Lipinski definition) is 3. The van der Waals surface area contributed by atoms with Crippen LogP contribution in [-0.2, 0) is 4.79 Å². The Balaban J connectivity index is 3.12. The fourth-order valence-electron chi connectivity index (χ4n) is 1.12. The third-order valence-electron chi connectivity index (χ3n) is 1.94. The van der Waals surface area contributed by atoms with Gasteiger partial charge in [0.15, 0.2) is 0 Å². The number of carbonyl (C=O) groups is 1. The monoisotopic (exact) mass is 212 g/mol. The molecule has 1 aliphatic rings. The van der Waals surface area contributed by atoms with Crippen LogP contribution in [0.4, 0.5) is 0 Å². The molecule has 0 aromatic carbocycles. The quantitative estimate of drug-likeness (QED) is 0.607. The molecular formula is C6H10Cl2N2O2. The lowest BCUT2D eigenvalue weighted by Crippen LogP contribution is -2.46. The van der Waals surface area contributed by atoms with Gasteiger partial charge in [0.05, 0.1) is 0 Å². The van der Waals surface area contributed by atoms with Gasteiger partial charge in [-0.2, -0.15) is 4.42 Å². The van der Waals surface area contributed by atoms with E-state index in [9.17, 15) is 9.90 Å². The summed E-state index contributed by atoms with van der Waals surface area (Å²) >= 11 is 11.3. The molecular weight excluding hydrogens is 203 g/mol. The van der Waals surface area contributed by atoms with Crippen LogP contribution < -0.4 is 0 Å². The van der Waals surface area contributed by atoms with E-state index in [0.717, 1.165) is 4.42 Å². The molecule has 1 unspecified atom stereocenters. The molecule has 1 amide bonds. The molecule has 4 nitrogen and oxygen atoms in total. The van der Waals surface area contributed by atoms with E-state index in [1.54, 1.807) is 13.8 Å². The van der Waals surface area contributed by atoms with E-state index in [1.807, 2.05) is 0 Å². The molecule has 0 bridgehead atoms. The summed E-state index contributed by atoms with van der Waals surface area (Å²) in [5, 5.41) is 9.60. The second-order valence-corrected chi connectivity index (χ2v) is 4.07. The van der Waals surface area contributed by atoms with Crippen molar-refractivity contribution in [3.8, 4) is 0 Å². The summed E-state index contributed by atoms with van der Waals surface area (Å²) in [6.07, 6.45) is 0. The predicted octanol–water partition coefficient (Wildman–Crippen LogP) is 0.883. The van der Waals surface area contributed by atoms with Crippen molar-refractivity contribution in [2.24, 2.45) is 0 Å². The average molecular weight is 213 g/mol. The Hall–Kier alpha value is -0.0300. The van der Waals surface area contributed by atoms with Crippen molar-refractivity contribution < 1.29 is 9.90 Å². The van der Waals surface area contributed by atoms with E-state index in [2.05, 4.69) is 0 Å². The van der Waals surface area contributed by atoms with Crippen LogP contribution >= 0.6 is 23.6 Å². The fourth-order valence-corrected chi connectivity index (χ4v) is 1.59. The van der Waals surface area contributed by atoms with E-state index in [1.165, 1.54) is 6.92 Å². The third kappa shape index (κ3) is 1.03. The SMILES string of the molecule is CC1(C)C(=O)N(Cl)C(C)(O)N1Cl. The summed E-state index contributed by atoms with van der Waals surface area (Å²) in [5.74, 6) is -2.06. The molecule has 0 radical (unpaired) electrons. The molecule has 1 fully saturated rings. The van der Waals surface area contributed by atoms with Crippen molar-refractivity contribution in [1.82, 2.24) is 8.84 Å². The number of aliphatic hydroxyl groups is 1. The normalized spacial score (nSPS) is 36.2. The van der Waals surface area contributed by atoms with Crippen LogP contribution in [0.5, 0.6) is 0 Å². The smallest absolute Gasteiger partial charge is 0.262 e. The Morgan fingerprint density at radius 1 is 1.33 bits per heavy atom. The molecule has 0 spiro atoms. The Bertz CT molecular complexity index is 230. The lowest BCUT2D eigenvalue weighted by molar-refractivity contribution is -0.135. The molecule has 12 heavy (non-hydrogen) atoms. The van der Waals surface area contributed by atoms with Crippen LogP contribution in [0.3, 0.4) is 0 Å². The first-order valence-corrected chi connectivity index (χ1v) is 4.09. The lowest BCUT2D eigenvalue weighted by Gasteiger charge is -2.29. The van der Waals surface area contributed by atoms with Crippen molar-refractivity contribution in [2.75, 3.05) is 0 Å². The largest absolute Gasteiger partial charge is 0.357 e. The Morgan fingerprint density at radius 3 is 1.83 bits per heavy atom. The number of halogens is 2. The van der Waals surface area contributed by atoms with E-state index in [4.69, 9.17) is 23.6 Å². The van der Waals surface area contributed by atoms with Crippen molar-refractivity contribution in [1.29, 1.82) is 0 Å². The molecule has 0 aromatic rings. The first kappa shape index (κ1) is 10.1. The summed E-state index contributed by atoms with van der Waals surface area (Å²) in [5.41, 5.74) is -0.979. The second-order valence-electron chi connectivity index (χ2n) is 3.40. The number of rotatable bonds is 0. The molecule has 1 atom stereocenters. The van der Waals surface area contributed by atoms with Gasteiger partial charge < -0.3 is 5.11 Å². The summed E-state index contributed by atoms with van der Waals surface area (Å²) in [7, 11) is 0. The molecule has 1 rings (SSSR count). The topological polar surface area (TPSA) is 43.8 Å². The van der Waals surface area contributed by atoms with Crippen molar-refractivity contribution in [3.05, 3.63) is 0 Å². The first-order chi connectivity index (χ1) is 5.22. The zero-order valence-electron chi connectivity index (χ0n) is 7.01. The van der Waals surface area contributed by atoms with Gasteiger partial charge in [-0.3, -0.25) is 4.79 Å². The summed E-state index contributed by atoms with van der Waals surface area (Å²) in [6.45, 7) is 4.51. The predicted molar refractivity (Wildman–Crippen MR) is 45.1 cm³/mol. The zero-order chi connectivity index (χ0) is 9.73. The van der Waals surface area contributed by atoms with Gasteiger partial charge in [0.25, 0.3) is 5.91 Å². The van der Waals surface area contributed by atoms with Crippen molar-refractivity contribution in [3.63, 3.8) is 0 Å². The van der Waals surface area contributed by atoms with Crippen LogP contribution in [0.1, 0.15) is 20.8 Å². The average Bonchev–Trinajstić information content (AvgIpc) is 2.06. The highest BCUT2D eigenvalue weighted by Crippen LogP contribution is 2.39. The van der Waals surface area contributed by atoms with Gasteiger partial charge in [0, 0.05) is 18.7 Å². The summed E-state index contributed by atoms with van der Waals surface area (Å²) in [4.78, 5) is 11.4. The minimum atomic E-state index is -1.64. The minimum Gasteiger partial charge on any atom is -0.357 e. The number of hydrogen-bond donors (Lipinski definition) is 1. The van der Waals surface area contributed by atoms with Gasteiger partial charge in [0.2, 0.25) is 5.85 Å². The van der Waals surface area contributed by atoms with Crippen LogP contribution in [0, 0.1) is 0 Å². The standard InChI is InChI=1S/C6H10Cl2N2O2/c1-5(2)4(11)9(7)6(3,12)10(5)8/h12H,1-3H3. The minimum absolute atomic E-state index is 0.427. The van der Waals surface area contributed by atoms with Crippen LogP contribution in [0.25, 0.3) is 0 Å². The zero-order valence-corrected chi connectivity index (χ0v) is 8.52. The highest BCUT2D eigenvalue weighted by Gasteiger charge is 2.58.